The second-order valence-corrected chi connectivity index (χ2v) is 6.90. The summed E-state index contributed by atoms with van der Waals surface area (Å²) in [5.41, 5.74) is 1.32. The highest BCUT2D eigenvalue weighted by atomic mass is 32.2. The lowest BCUT2D eigenvalue weighted by molar-refractivity contribution is 0.240. The van der Waals surface area contributed by atoms with Crippen LogP contribution >= 0.6 is 11.8 Å². The van der Waals surface area contributed by atoms with Gasteiger partial charge in [0.1, 0.15) is 0 Å². The first-order valence-electron chi connectivity index (χ1n) is 7.40. The first kappa shape index (κ1) is 14.6. The Balaban J connectivity index is 1.67. The van der Waals surface area contributed by atoms with Gasteiger partial charge < -0.3 is 9.84 Å². The van der Waals surface area contributed by atoms with Crippen LogP contribution in [0.4, 0.5) is 0 Å². The van der Waals surface area contributed by atoms with E-state index >= 15 is 0 Å². The Morgan fingerprint density at radius 2 is 2.05 bits per heavy atom. The molecule has 0 unspecified atom stereocenters. The van der Waals surface area contributed by atoms with E-state index in [1.807, 2.05) is 0 Å². The minimum absolute atomic E-state index is 0.0316. The third-order valence-corrected chi connectivity index (χ3v) is 5.31. The highest BCUT2D eigenvalue weighted by Gasteiger charge is 2.34. The van der Waals surface area contributed by atoms with Crippen molar-refractivity contribution in [3.05, 3.63) is 41.5 Å². The Kier molecular flexibility index (Phi) is 4.31. The summed E-state index contributed by atoms with van der Waals surface area (Å²) in [6.45, 7) is 6.39. The molecule has 1 N–H and O–H groups in total. The number of benzene rings is 1. The van der Waals surface area contributed by atoms with Crippen molar-refractivity contribution in [1.82, 2.24) is 15.5 Å². The predicted octanol–water partition coefficient (Wildman–Crippen LogP) is 3.31. The van der Waals surface area contributed by atoms with Gasteiger partial charge in [-0.25, -0.2) is 0 Å². The number of nitrogens with zero attached hydrogens (tertiary/aromatic N) is 2. The molecule has 2 aromatic rings. The molecule has 0 aliphatic carbocycles. The molecule has 1 aromatic carbocycles. The van der Waals surface area contributed by atoms with Crippen LogP contribution in [0.25, 0.3) is 0 Å². The molecule has 3 rings (SSSR count). The van der Waals surface area contributed by atoms with Crippen molar-refractivity contribution in [1.29, 1.82) is 0 Å². The zero-order chi connectivity index (χ0) is 14.7. The van der Waals surface area contributed by atoms with Crippen LogP contribution in [0.5, 0.6) is 0 Å². The molecule has 0 bridgehead atoms. The molecule has 0 radical (unpaired) electrons. The number of rotatable bonds is 4. The molecule has 5 heteroatoms. The summed E-state index contributed by atoms with van der Waals surface area (Å²) in [7, 11) is 0. The van der Waals surface area contributed by atoms with E-state index in [9.17, 15) is 0 Å². The van der Waals surface area contributed by atoms with E-state index in [1.165, 1.54) is 10.5 Å². The van der Waals surface area contributed by atoms with Crippen molar-refractivity contribution >= 4 is 11.8 Å². The molecule has 4 nitrogen and oxygen atoms in total. The van der Waals surface area contributed by atoms with Crippen molar-refractivity contribution in [2.75, 3.05) is 13.1 Å². The zero-order valence-corrected chi connectivity index (χ0v) is 13.4. The van der Waals surface area contributed by atoms with Crippen molar-refractivity contribution in [3.8, 4) is 0 Å². The smallest absolute Gasteiger partial charge is 0.232 e. The maximum atomic E-state index is 5.52. The average molecular weight is 303 g/mol. The summed E-state index contributed by atoms with van der Waals surface area (Å²) >= 11 is 1.76. The van der Waals surface area contributed by atoms with Gasteiger partial charge in [0.05, 0.1) is 5.75 Å². The van der Waals surface area contributed by atoms with E-state index in [4.69, 9.17) is 4.52 Å². The van der Waals surface area contributed by atoms with Crippen molar-refractivity contribution in [2.45, 2.75) is 42.8 Å². The molecular formula is C16H21N3OS. The first-order valence-corrected chi connectivity index (χ1v) is 8.38. The van der Waals surface area contributed by atoms with Crippen LogP contribution in [0.15, 0.2) is 33.7 Å². The van der Waals surface area contributed by atoms with Crippen molar-refractivity contribution in [3.63, 3.8) is 0 Å². The molecule has 1 saturated heterocycles. The van der Waals surface area contributed by atoms with E-state index in [1.54, 1.807) is 11.8 Å². The summed E-state index contributed by atoms with van der Waals surface area (Å²) in [4.78, 5) is 5.90. The third-order valence-electron chi connectivity index (χ3n) is 4.14. The molecule has 1 aliphatic rings. The lowest BCUT2D eigenvalue weighted by Gasteiger charge is -2.30. The summed E-state index contributed by atoms with van der Waals surface area (Å²) < 4.78 is 5.52. The quantitative estimate of drug-likeness (QED) is 0.878. The van der Waals surface area contributed by atoms with E-state index < -0.39 is 0 Å². The van der Waals surface area contributed by atoms with Crippen LogP contribution in [0.2, 0.25) is 0 Å². The van der Waals surface area contributed by atoms with E-state index in [0.717, 1.165) is 43.4 Å². The maximum Gasteiger partial charge on any atom is 0.232 e. The van der Waals surface area contributed by atoms with Gasteiger partial charge in [-0.3, -0.25) is 0 Å². The Labute approximate surface area is 129 Å². The molecular weight excluding hydrogens is 282 g/mol. The van der Waals surface area contributed by atoms with Gasteiger partial charge in [0.15, 0.2) is 5.82 Å². The second kappa shape index (κ2) is 6.20. The Morgan fingerprint density at radius 1 is 1.29 bits per heavy atom. The minimum Gasteiger partial charge on any atom is -0.339 e. The average Bonchev–Trinajstić information content (AvgIpc) is 2.97. The van der Waals surface area contributed by atoms with Crippen LogP contribution in [0.1, 0.15) is 37.0 Å². The Morgan fingerprint density at radius 3 is 2.81 bits per heavy atom. The molecule has 0 spiro atoms. The van der Waals surface area contributed by atoms with E-state index in [2.05, 4.69) is 53.6 Å². The molecule has 1 aliphatic heterocycles. The zero-order valence-electron chi connectivity index (χ0n) is 12.6. The highest BCUT2D eigenvalue weighted by molar-refractivity contribution is 7.98. The largest absolute Gasteiger partial charge is 0.339 e. The fraction of sp³-hybridized carbons (Fsp3) is 0.500. The summed E-state index contributed by atoms with van der Waals surface area (Å²) in [5, 5.41) is 7.53. The van der Waals surface area contributed by atoms with Crippen LogP contribution in [-0.4, -0.2) is 23.2 Å². The van der Waals surface area contributed by atoms with Gasteiger partial charge >= 0.3 is 0 Å². The van der Waals surface area contributed by atoms with Gasteiger partial charge in [-0.2, -0.15) is 4.98 Å². The molecule has 1 fully saturated rings. The number of nitrogens with one attached hydrogen (secondary N) is 1. The number of hydrogen-bond donors (Lipinski definition) is 1. The Hall–Kier alpha value is -1.33. The van der Waals surface area contributed by atoms with Gasteiger partial charge in [-0.15, -0.1) is 11.8 Å². The molecule has 0 atom stereocenters. The standard InChI is InChI=1S/C16H21N3OS/c1-12-5-3-4-6-13(12)21-11-14-18-15(20-19-14)16(2)7-9-17-10-8-16/h3-6,17H,7-11H2,1-2H3. The number of hydrogen-bond acceptors (Lipinski definition) is 5. The number of piperidine rings is 1. The fourth-order valence-corrected chi connectivity index (χ4v) is 3.48. The lowest BCUT2D eigenvalue weighted by atomic mass is 9.81. The summed E-state index contributed by atoms with van der Waals surface area (Å²) in [6, 6.07) is 8.38. The summed E-state index contributed by atoms with van der Waals surface area (Å²) in [6.07, 6.45) is 2.11. The first-order chi connectivity index (χ1) is 10.2. The molecule has 0 saturated carbocycles. The predicted molar refractivity (Wildman–Crippen MR) is 84.5 cm³/mol. The monoisotopic (exact) mass is 303 g/mol. The molecule has 1 aromatic heterocycles. The molecule has 112 valence electrons. The van der Waals surface area contributed by atoms with Gasteiger partial charge in [0.25, 0.3) is 0 Å². The number of aryl methyl sites for hydroxylation is 1. The summed E-state index contributed by atoms with van der Waals surface area (Å²) in [5.74, 6) is 2.34. The molecule has 2 heterocycles. The van der Waals surface area contributed by atoms with Crippen LogP contribution < -0.4 is 5.32 Å². The van der Waals surface area contributed by atoms with Crippen LogP contribution in [-0.2, 0) is 11.2 Å². The maximum absolute atomic E-state index is 5.52. The normalized spacial score (nSPS) is 17.8. The van der Waals surface area contributed by atoms with Gasteiger partial charge in [0, 0.05) is 10.3 Å². The minimum atomic E-state index is 0.0316. The third kappa shape index (κ3) is 3.30. The van der Waals surface area contributed by atoms with E-state index in [-0.39, 0.29) is 5.41 Å². The van der Waals surface area contributed by atoms with Crippen molar-refractivity contribution < 1.29 is 4.52 Å². The number of aromatic nitrogens is 2. The van der Waals surface area contributed by atoms with Crippen LogP contribution in [0, 0.1) is 6.92 Å². The molecule has 21 heavy (non-hydrogen) atoms. The topological polar surface area (TPSA) is 51.0 Å². The molecule has 0 amide bonds. The van der Waals surface area contributed by atoms with Crippen molar-refractivity contribution in [2.24, 2.45) is 0 Å². The van der Waals surface area contributed by atoms with Gasteiger partial charge in [0.2, 0.25) is 5.89 Å². The second-order valence-electron chi connectivity index (χ2n) is 5.88. The lowest BCUT2D eigenvalue weighted by Crippen LogP contribution is -2.37. The SMILES string of the molecule is Cc1ccccc1SCc1noc(C2(C)CCNCC2)n1. The Bertz CT molecular complexity index is 605. The fourth-order valence-electron chi connectivity index (χ4n) is 2.61. The van der Waals surface area contributed by atoms with Gasteiger partial charge in [-0.1, -0.05) is 30.3 Å². The van der Waals surface area contributed by atoms with E-state index in [0.29, 0.717) is 0 Å². The number of thioether (sulfide) groups is 1. The highest BCUT2D eigenvalue weighted by Crippen LogP contribution is 2.32. The van der Waals surface area contributed by atoms with Gasteiger partial charge in [-0.05, 0) is 44.5 Å². The van der Waals surface area contributed by atoms with Crippen LogP contribution in [0.3, 0.4) is 0 Å².